The van der Waals surface area contributed by atoms with Crippen LogP contribution in [0, 0.1) is 23.7 Å². The first-order valence-electron chi connectivity index (χ1n) is 27.8. The maximum absolute atomic E-state index is 14.2. The molecule has 17 nitrogen and oxygen atoms in total. The molecule has 80 heavy (non-hydrogen) atoms. The van der Waals surface area contributed by atoms with Crippen molar-refractivity contribution in [3.63, 3.8) is 0 Å². The largest absolute Gasteiger partial charge is 0.462 e. The molecule has 0 saturated carbocycles. The average molecular weight is 1130 g/mol. The van der Waals surface area contributed by atoms with Gasteiger partial charge in [0, 0.05) is 81.2 Å². The predicted octanol–water partition coefficient (Wildman–Crippen LogP) is 8.20. The Kier molecular flexibility index (Phi) is 18.8. The number of hydrogen-bond acceptors (Lipinski definition) is 14. The number of thiazole rings is 1. The lowest BCUT2D eigenvalue weighted by molar-refractivity contribution is -0.144. The third-order valence-corrected chi connectivity index (χ3v) is 17.3. The maximum atomic E-state index is 14.2. The van der Waals surface area contributed by atoms with Crippen LogP contribution < -0.4 is 20.3 Å². The summed E-state index contributed by atoms with van der Waals surface area (Å²) in [4.78, 5) is 77.0. The van der Waals surface area contributed by atoms with Gasteiger partial charge in [0.2, 0.25) is 17.7 Å². The summed E-state index contributed by atoms with van der Waals surface area (Å²) in [6.45, 7) is 15.0. The number of nitrogens with zero attached hydrogens (tertiary/aromatic N) is 8. The fourth-order valence-electron chi connectivity index (χ4n) is 11.8. The molecular formula is C60H72ClFN10O7S. The zero-order valence-corrected chi connectivity index (χ0v) is 47.7. The van der Waals surface area contributed by atoms with Crippen LogP contribution >= 0.6 is 22.9 Å². The van der Waals surface area contributed by atoms with Crippen LogP contribution in [-0.4, -0.2) is 141 Å². The Morgan fingerprint density at radius 3 is 2.52 bits per heavy atom. The summed E-state index contributed by atoms with van der Waals surface area (Å²) in [5.74, 6) is -3.08. The van der Waals surface area contributed by atoms with Gasteiger partial charge in [0.1, 0.15) is 18.7 Å². The van der Waals surface area contributed by atoms with Crippen molar-refractivity contribution in [2.24, 2.45) is 5.41 Å². The number of likely N-dealkylation sites (tertiary alicyclic amines) is 3. The minimum absolute atomic E-state index is 0.0159. The number of nitrogens with one attached hydrogen (secondary N) is 2. The molecule has 6 heterocycles. The maximum Gasteiger partial charge on any atom is 0.316 e. The number of β-amino-alcohol motifs (C(OH)–C–C–N with tert-alkyl or cyclic N) is 1. The van der Waals surface area contributed by atoms with Crippen molar-refractivity contribution in [3.05, 3.63) is 112 Å². The quantitative estimate of drug-likeness (QED) is 0.0497. The topological polar surface area (TPSA) is 206 Å². The highest BCUT2D eigenvalue weighted by Gasteiger charge is 2.45. The van der Waals surface area contributed by atoms with E-state index in [-0.39, 0.29) is 75.3 Å². The molecule has 0 bridgehead atoms. The number of rotatable bonds is 20. The summed E-state index contributed by atoms with van der Waals surface area (Å²) in [5, 5.41) is 29.0. The lowest BCUT2D eigenvalue weighted by atomic mass is 9.83. The second-order valence-electron chi connectivity index (χ2n) is 22.5. The normalized spacial score (nSPS) is 20.8. The molecule has 2 aromatic heterocycles. The number of aryl methyl sites for hydroxylation is 1. The van der Waals surface area contributed by atoms with E-state index in [1.54, 1.807) is 11.3 Å². The molecule has 3 N–H and O–H groups in total. The number of aliphatic hydroxyl groups excluding tert-OH is 1. The Morgan fingerprint density at radius 1 is 1.00 bits per heavy atom. The molecule has 3 fully saturated rings. The molecule has 424 valence electrons. The molecule has 3 aromatic carbocycles. The third-order valence-electron chi connectivity index (χ3n) is 16.0. The zero-order valence-electron chi connectivity index (χ0n) is 46.1. The lowest BCUT2D eigenvalue weighted by Crippen LogP contribution is -2.57. The van der Waals surface area contributed by atoms with E-state index in [0.717, 1.165) is 81.0 Å². The standard InChI is InChI=1S/C60H72ClFN10O7S/c1-37(62)57(76)71-27-20-42(30-43(71)19-23-63)53-46-21-26-70(49-14-7-11-40-10-6-13-47(61)52(40)49)34-48(46)66-59(68-53)79-35-44-12-8-24-69(44)25-9-28-78-29-22-51(74)67-55(60(3,4)5)58(77)72-33-45(73)31-50(72)56(75)64-32-39-15-17-41(18-16-39)54-38(2)65-36-80-54/h6-7,10-11,13-18,36,42-45,50,55,73H,1,8-9,12,19-22,24-35H2,2-5H3,(H,64,75)(H,67,74)/t42?,43-,44-,45+,50-,55+/m0/s1. The first-order valence-corrected chi connectivity index (χ1v) is 29.1. The molecule has 20 heteroatoms. The van der Waals surface area contributed by atoms with Gasteiger partial charge in [0.05, 0.1) is 64.2 Å². The summed E-state index contributed by atoms with van der Waals surface area (Å²) in [6.07, 6.45) is 3.58. The van der Waals surface area contributed by atoms with Gasteiger partial charge in [0.25, 0.3) is 5.91 Å². The van der Waals surface area contributed by atoms with Crippen molar-refractivity contribution in [2.45, 2.75) is 135 Å². The number of carbonyl (C=O) groups excluding carboxylic acids is 4. The Morgan fingerprint density at radius 2 is 1.79 bits per heavy atom. The first-order chi connectivity index (χ1) is 38.5. The second-order valence-corrected chi connectivity index (χ2v) is 23.8. The van der Waals surface area contributed by atoms with E-state index in [1.807, 2.05) is 75.7 Å². The van der Waals surface area contributed by atoms with Crippen molar-refractivity contribution < 1.29 is 38.1 Å². The monoisotopic (exact) mass is 1130 g/mol. The molecule has 4 amide bonds. The van der Waals surface area contributed by atoms with Gasteiger partial charge in [-0.05, 0) is 91.6 Å². The van der Waals surface area contributed by atoms with Gasteiger partial charge < -0.3 is 39.9 Å². The minimum Gasteiger partial charge on any atom is -0.462 e. The highest BCUT2D eigenvalue weighted by molar-refractivity contribution is 7.13. The van der Waals surface area contributed by atoms with Crippen LogP contribution in [0.15, 0.2) is 78.6 Å². The van der Waals surface area contributed by atoms with Crippen molar-refractivity contribution >= 4 is 63.0 Å². The summed E-state index contributed by atoms with van der Waals surface area (Å²) < 4.78 is 26.6. The minimum atomic E-state index is -1.04. The van der Waals surface area contributed by atoms with Crippen LogP contribution in [0.3, 0.4) is 0 Å². The second kappa shape index (κ2) is 25.9. The van der Waals surface area contributed by atoms with Crippen molar-refractivity contribution in [1.82, 2.24) is 40.3 Å². The number of aliphatic hydroxyl groups is 1. The lowest BCUT2D eigenvalue weighted by Gasteiger charge is -2.39. The number of amides is 4. The molecular weight excluding hydrogens is 1060 g/mol. The van der Waals surface area contributed by atoms with Gasteiger partial charge in [-0.2, -0.15) is 15.2 Å². The van der Waals surface area contributed by atoms with Crippen LogP contribution in [0.25, 0.3) is 21.2 Å². The number of benzene rings is 3. The molecule has 3 saturated heterocycles. The molecule has 0 spiro atoms. The smallest absolute Gasteiger partial charge is 0.316 e. The molecule has 0 aliphatic carbocycles. The summed E-state index contributed by atoms with van der Waals surface area (Å²) in [5.41, 5.74) is 7.75. The molecule has 6 atom stereocenters. The Bertz CT molecular complexity index is 3110. The summed E-state index contributed by atoms with van der Waals surface area (Å²) in [7, 11) is 0. The number of ether oxygens (including phenoxy) is 2. The number of hydrogen-bond donors (Lipinski definition) is 3. The summed E-state index contributed by atoms with van der Waals surface area (Å²) in [6, 6.07) is 20.2. The molecule has 4 aliphatic rings. The van der Waals surface area contributed by atoms with E-state index in [2.05, 4.69) is 56.3 Å². The van der Waals surface area contributed by atoms with Crippen LogP contribution in [-0.2, 0) is 43.4 Å². The van der Waals surface area contributed by atoms with Crippen LogP contribution in [0.1, 0.15) is 106 Å². The van der Waals surface area contributed by atoms with Crippen molar-refractivity contribution in [2.75, 3.05) is 57.4 Å². The third kappa shape index (κ3) is 13.6. The molecule has 5 aromatic rings. The number of carbonyl (C=O) groups is 4. The van der Waals surface area contributed by atoms with Gasteiger partial charge in [-0.25, -0.2) is 9.37 Å². The van der Waals surface area contributed by atoms with Crippen LogP contribution in [0.4, 0.5) is 10.1 Å². The molecule has 1 unspecified atom stereocenters. The van der Waals surface area contributed by atoms with Gasteiger partial charge in [-0.1, -0.05) is 87.5 Å². The van der Waals surface area contributed by atoms with Gasteiger partial charge in [0.15, 0.2) is 5.83 Å². The first kappa shape index (κ1) is 58.1. The van der Waals surface area contributed by atoms with E-state index in [4.69, 9.17) is 31.0 Å². The van der Waals surface area contributed by atoms with Crippen molar-refractivity contribution in [3.8, 4) is 22.5 Å². The number of piperidine rings is 1. The SMILES string of the molecule is C=C(F)C(=O)N1CCC(c2nc(OC[C@@H]3CCCN3CCCOCCC(=O)N[C@H](C(=O)N3C[C@H](O)C[C@H]3C(=O)NCc3ccc(-c4scnc4C)cc3)C(C)(C)C)nc3c2CCN(c2cccc4cccc(Cl)c24)C3)C[C@@H]1CC#N. The molecule has 9 rings (SSSR count). The highest BCUT2D eigenvalue weighted by Crippen LogP contribution is 2.40. The Balaban J connectivity index is 0.772. The van der Waals surface area contributed by atoms with E-state index < -0.39 is 47.3 Å². The number of aromatic nitrogens is 3. The molecule has 0 radical (unpaired) electrons. The van der Waals surface area contributed by atoms with Crippen LogP contribution in [0.2, 0.25) is 5.02 Å². The fraction of sp³-hybridized carbons (Fsp3) is 0.500. The van der Waals surface area contributed by atoms with E-state index in [1.165, 1.54) is 9.80 Å². The van der Waals surface area contributed by atoms with E-state index in [9.17, 15) is 33.9 Å². The average Bonchev–Trinajstić information content (AvgIpc) is 4.28. The Hall–Kier alpha value is -6.56. The van der Waals surface area contributed by atoms with Gasteiger partial charge >= 0.3 is 6.01 Å². The number of halogens is 2. The van der Waals surface area contributed by atoms with Crippen LogP contribution in [0.5, 0.6) is 6.01 Å². The predicted molar refractivity (Wildman–Crippen MR) is 305 cm³/mol. The van der Waals surface area contributed by atoms with Gasteiger partial charge in [-0.15, -0.1) is 11.3 Å². The highest BCUT2D eigenvalue weighted by atomic mass is 35.5. The van der Waals surface area contributed by atoms with E-state index in [0.29, 0.717) is 57.0 Å². The number of fused-ring (bicyclic) bond motifs is 2. The summed E-state index contributed by atoms with van der Waals surface area (Å²) >= 11 is 8.37. The number of nitriles is 1. The fourth-order valence-corrected chi connectivity index (χ4v) is 12.9. The van der Waals surface area contributed by atoms with Crippen molar-refractivity contribution in [1.29, 1.82) is 5.26 Å². The number of anilines is 1. The van der Waals surface area contributed by atoms with E-state index >= 15 is 0 Å². The van der Waals surface area contributed by atoms with Gasteiger partial charge in [-0.3, -0.25) is 24.1 Å². The Labute approximate surface area is 476 Å². The molecule has 4 aliphatic heterocycles. The zero-order chi connectivity index (χ0) is 56.7.